The van der Waals surface area contributed by atoms with E-state index in [0.29, 0.717) is 12.0 Å². The maximum Gasteiger partial charge on any atom is 0.416 e. The van der Waals surface area contributed by atoms with Crippen molar-refractivity contribution < 1.29 is 13.2 Å². The zero-order chi connectivity index (χ0) is 12.2. The highest BCUT2D eigenvalue weighted by Crippen LogP contribution is 2.29. The van der Waals surface area contributed by atoms with Crippen LogP contribution in [-0.4, -0.2) is 6.04 Å². The fourth-order valence-electron chi connectivity index (χ4n) is 1.49. The van der Waals surface area contributed by atoms with Crippen molar-refractivity contribution in [2.45, 2.75) is 25.6 Å². The maximum atomic E-state index is 12.4. The van der Waals surface area contributed by atoms with Gasteiger partial charge in [-0.15, -0.1) is 0 Å². The Morgan fingerprint density at radius 2 is 2.12 bits per heavy atom. The Morgan fingerprint density at radius 3 is 2.69 bits per heavy atom. The van der Waals surface area contributed by atoms with Crippen LogP contribution in [0.25, 0.3) is 0 Å². The van der Waals surface area contributed by atoms with Gasteiger partial charge in [-0.1, -0.05) is 24.8 Å². The molecule has 1 atom stereocenters. The first-order chi connectivity index (χ1) is 7.43. The molecule has 1 nitrogen and oxygen atoms in total. The Labute approximate surface area is 93.0 Å². The van der Waals surface area contributed by atoms with Gasteiger partial charge in [-0.05, 0) is 31.2 Å². The van der Waals surface area contributed by atoms with Crippen LogP contribution in [0.4, 0.5) is 13.2 Å². The maximum absolute atomic E-state index is 12.4. The Balaban J connectivity index is 2.79. The first-order valence-electron chi connectivity index (χ1n) is 4.96. The van der Waals surface area contributed by atoms with E-state index in [0.717, 1.165) is 6.07 Å². The molecule has 88 valence electrons. The van der Waals surface area contributed by atoms with Gasteiger partial charge >= 0.3 is 6.18 Å². The van der Waals surface area contributed by atoms with E-state index in [1.807, 2.05) is 6.92 Å². The third kappa shape index (κ3) is 3.61. The van der Waals surface area contributed by atoms with Crippen LogP contribution in [0.3, 0.4) is 0 Å². The van der Waals surface area contributed by atoms with Gasteiger partial charge in [0, 0.05) is 6.04 Å². The van der Waals surface area contributed by atoms with E-state index in [9.17, 15) is 13.2 Å². The Morgan fingerprint density at radius 1 is 1.44 bits per heavy atom. The van der Waals surface area contributed by atoms with Crippen LogP contribution in [-0.2, 0) is 12.6 Å². The summed E-state index contributed by atoms with van der Waals surface area (Å²) < 4.78 is 37.3. The highest BCUT2D eigenvalue weighted by Gasteiger charge is 2.30. The molecule has 1 aromatic carbocycles. The lowest BCUT2D eigenvalue weighted by Gasteiger charge is -2.13. The quantitative estimate of drug-likeness (QED) is 0.834. The normalized spacial score (nSPS) is 13.2. The van der Waals surface area contributed by atoms with Crippen LogP contribution < -0.4 is 5.32 Å². The second-order valence-electron chi connectivity index (χ2n) is 3.67. The van der Waals surface area contributed by atoms with Gasteiger partial charge in [-0.25, -0.2) is 0 Å². The smallest absolute Gasteiger partial charge is 0.389 e. The number of hydrogen-bond donors (Lipinski definition) is 1. The summed E-state index contributed by atoms with van der Waals surface area (Å²) in [4.78, 5) is 0. The number of benzene rings is 1. The van der Waals surface area contributed by atoms with Crippen molar-refractivity contribution >= 4 is 0 Å². The molecule has 4 heteroatoms. The molecule has 0 amide bonds. The zero-order valence-corrected chi connectivity index (χ0v) is 9.01. The van der Waals surface area contributed by atoms with Crippen LogP contribution in [0.2, 0.25) is 0 Å². The van der Waals surface area contributed by atoms with Crippen LogP contribution in [0.1, 0.15) is 18.1 Å². The molecule has 0 heterocycles. The molecular formula is C12H14F3N. The summed E-state index contributed by atoms with van der Waals surface area (Å²) in [5.74, 6) is 0. The van der Waals surface area contributed by atoms with Gasteiger partial charge < -0.3 is 5.32 Å². The average Bonchev–Trinajstić information content (AvgIpc) is 2.17. The van der Waals surface area contributed by atoms with Crippen molar-refractivity contribution in [2.24, 2.45) is 0 Å². The molecule has 1 rings (SSSR count). The lowest BCUT2D eigenvalue weighted by Crippen LogP contribution is -2.22. The summed E-state index contributed by atoms with van der Waals surface area (Å²) in [5, 5.41) is 2.93. The van der Waals surface area contributed by atoms with Crippen LogP contribution in [0, 0.1) is 0 Å². The standard InChI is InChI=1S/C12H14F3N/c1-3-16-9(2)7-10-5-4-6-11(8-10)12(13,14)15/h3-6,8-9,16H,1,7H2,2H3. The number of alkyl halides is 3. The molecule has 0 aromatic heterocycles. The van der Waals surface area contributed by atoms with Crippen LogP contribution in [0.15, 0.2) is 37.0 Å². The fraction of sp³-hybridized carbons (Fsp3) is 0.333. The first-order valence-corrected chi connectivity index (χ1v) is 4.96. The summed E-state index contributed by atoms with van der Waals surface area (Å²) in [5.41, 5.74) is 0.0625. The van der Waals surface area contributed by atoms with E-state index in [2.05, 4.69) is 11.9 Å². The van der Waals surface area contributed by atoms with Crippen LogP contribution >= 0.6 is 0 Å². The second-order valence-corrected chi connectivity index (χ2v) is 3.67. The molecule has 0 fully saturated rings. The van der Waals surface area contributed by atoms with E-state index in [1.165, 1.54) is 18.3 Å². The molecule has 0 spiro atoms. The van der Waals surface area contributed by atoms with E-state index in [-0.39, 0.29) is 6.04 Å². The predicted octanol–water partition coefficient (Wildman–Crippen LogP) is 3.37. The molecule has 16 heavy (non-hydrogen) atoms. The van der Waals surface area contributed by atoms with Crippen molar-refractivity contribution in [3.8, 4) is 0 Å². The molecule has 0 aliphatic rings. The monoisotopic (exact) mass is 229 g/mol. The predicted molar refractivity (Wildman–Crippen MR) is 57.9 cm³/mol. The van der Waals surface area contributed by atoms with Gasteiger partial charge in [-0.3, -0.25) is 0 Å². The molecule has 0 bridgehead atoms. The Kier molecular flexibility index (Phi) is 3.99. The minimum Gasteiger partial charge on any atom is -0.389 e. The highest BCUT2D eigenvalue weighted by molar-refractivity contribution is 5.26. The molecule has 0 saturated carbocycles. The largest absolute Gasteiger partial charge is 0.416 e. The van der Waals surface area contributed by atoms with E-state index >= 15 is 0 Å². The van der Waals surface area contributed by atoms with Crippen molar-refractivity contribution in [1.29, 1.82) is 0 Å². The highest BCUT2D eigenvalue weighted by atomic mass is 19.4. The molecular weight excluding hydrogens is 215 g/mol. The van der Waals surface area contributed by atoms with E-state index in [1.54, 1.807) is 6.07 Å². The molecule has 1 aromatic rings. The summed E-state index contributed by atoms with van der Waals surface area (Å²) in [6, 6.07) is 5.45. The number of rotatable bonds is 4. The molecule has 0 radical (unpaired) electrons. The zero-order valence-electron chi connectivity index (χ0n) is 9.01. The number of halogens is 3. The SMILES string of the molecule is C=CNC(C)Cc1cccc(C(F)(F)F)c1. The molecule has 0 aliphatic carbocycles. The van der Waals surface area contributed by atoms with Gasteiger partial charge in [0.15, 0.2) is 0 Å². The van der Waals surface area contributed by atoms with Crippen molar-refractivity contribution in [2.75, 3.05) is 0 Å². The summed E-state index contributed by atoms with van der Waals surface area (Å²) in [6.07, 6.45) is -2.20. The lowest BCUT2D eigenvalue weighted by molar-refractivity contribution is -0.137. The lowest BCUT2D eigenvalue weighted by atomic mass is 10.0. The third-order valence-corrected chi connectivity index (χ3v) is 2.20. The molecule has 0 saturated heterocycles. The number of nitrogens with one attached hydrogen (secondary N) is 1. The van der Waals surface area contributed by atoms with E-state index in [4.69, 9.17) is 0 Å². The van der Waals surface area contributed by atoms with E-state index < -0.39 is 11.7 Å². The van der Waals surface area contributed by atoms with Crippen molar-refractivity contribution in [1.82, 2.24) is 5.32 Å². The fourth-order valence-corrected chi connectivity index (χ4v) is 1.49. The second kappa shape index (κ2) is 5.05. The van der Waals surface area contributed by atoms with Gasteiger partial charge in [0.2, 0.25) is 0 Å². The average molecular weight is 229 g/mol. The number of hydrogen-bond acceptors (Lipinski definition) is 1. The Bertz CT molecular complexity index is 358. The van der Waals surface area contributed by atoms with Gasteiger partial charge in [-0.2, -0.15) is 13.2 Å². The van der Waals surface area contributed by atoms with Gasteiger partial charge in [0.25, 0.3) is 0 Å². The van der Waals surface area contributed by atoms with Gasteiger partial charge in [0.05, 0.1) is 5.56 Å². The minimum atomic E-state index is -4.27. The van der Waals surface area contributed by atoms with Crippen molar-refractivity contribution in [3.05, 3.63) is 48.2 Å². The van der Waals surface area contributed by atoms with Gasteiger partial charge in [0.1, 0.15) is 0 Å². The Hall–Kier alpha value is -1.45. The first kappa shape index (κ1) is 12.6. The summed E-state index contributed by atoms with van der Waals surface area (Å²) >= 11 is 0. The summed E-state index contributed by atoms with van der Waals surface area (Å²) in [7, 11) is 0. The molecule has 0 aliphatic heterocycles. The topological polar surface area (TPSA) is 12.0 Å². The molecule has 1 N–H and O–H groups in total. The van der Waals surface area contributed by atoms with Crippen molar-refractivity contribution in [3.63, 3.8) is 0 Å². The summed E-state index contributed by atoms with van der Waals surface area (Å²) in [6.45, 7) is 5.40. The van der Waals surface area contributed by atoms with Crippen LogP contribution in [0.5, 0.6) is 0 Å². The third-order valence-electron chi connectivity index (χ3n) is 2.20. The molecule has 1 unspecified atom stereocenters. The minimum absolute atomic E-state index is 0.0704.